The van der Waals surface area contributed by atoms with Crippen molar-refractivity contribution in [1.82, 2.24) is 9.80 Å². The number of carbonyl (C=O) groups excluding carboxylic acids is 1. The Balaban J connectivity index is 1.51. The Morgan fingerprint density at radius 3 is 2.61 bits per heavy atom. The third-order valence-electron chi connectivity index (χ3n) is 5.86. The van der Waals surface area contributed by atoms with E-state index in [1.165, 1.54) is 12.8 Å². The number of rotatable bonds is 6. The third kappa shape index (κ3) is 4.46. The predicted molar refractivity (Wildman–Crippen MR) is 89.3 cm³/mol. The topological polar surface area (TPSA) is 42.0 Å². The van der Waals surface area contributed by atoms with Crippen LogP contribution >= 0.6 is 0 Å². The molecule has 3 fully saturated rings. The molecule has 23 heavy (non-hydrogen) atoms. The first-order valence-corrected chi connectivity index (χ1v) is 9.17. The number of hydrogen-bond donors (Lipinski definition) is 0. The maximum absolute atomic E-state index is 12.3. The van der Waals surface area contributed by atoms with E-state index >= 15 is 0 Å². The number of carbonyl (C=O) groups is 1. The molecule has 1 atom stereocenters. The largest absolute Gasteiger partial charge is 0.381 e. The van der Waals surface area contributed by atoms with Gasteiger partial charge in [-0.1, -0.05) is 0 Å². The molecule has 2 saturated heterocycles. The van der Waals surface area contributed by atoms with Gasteiger partial charge in [0.05, 0.1) is 19.8 Å². The van der Waals surface area contributed by atoms with Gasteiger partial charge in [0.2, 0.25) is 5.91 Å². The van der Waals surface area contributed by atoms with Crippen LogP contribution in [-0.2, 0) is 14.3 Å². The van der Waals surface area contributed by atoms with E-state index in [2.05, 4.69) is 0 Å². The van der Waals surface area contributed by atoms with Crippen LogP contribution in [-0.4, -0.2) is 75.9 Å². The fourth-order valence-electron chi connectivity index (χ4n) is 4.00. The molecule has 2 aliphatic heterocycles. The predicted octanol–water partition coefficient (Wildman–Crippen LogP) is 1.62. The fraction of sp³-hybridized carbons (Fsp3) is 0.944. The molecule has 0 bridgehead atoms. The Kier molecular flexibility index (Phi) is 5.60. The summed E-state index contributed by atoms with van der Waals surface area (Å²) in [5.74, 6) is 1.58. The molecule has 1 aliphatic carbocycles. The minimum atomic E-state index is 0.262. The molecule has 0 aromatic carbocycles. The van der Waals surface area contributed by atoms with Gasteiger partial charge in [0.15, 0.2) is 0 Å². The van der Waals surface area contributed by atoms with Crippen LogP contribution in [0, 0.1) is 17.3 Å². The molecular weight excluding hydrogens is 292 g/mol. The van der Waals surface area contributed by atoms with Gasteiger partial charge in [-0.3, -0.25) is 4.79 Å². The lowest BCUT2D eigenvalue weighted by molar-refractivity contribution is -0.139. The highest BCUT2D eigenvalue weighted by atomic mass is 16.5. The van der Waals surface area contributed by atoms with Gasteiger partial charge in [-0.05, 0) is 57.5 Å². The van der Waals surface area contributed by atoms with Crippen LogP contribution in [0.4, 0.5) is 0 Å². The van der Waals surface area contributed by atoms with Gasteiger partial charge in [-0.25, -0.2) is 0 Å². The molecule has 0 radical (unpaired) electrons. The van der Waals surface area contributed by atoms with Crippen molar-refractivity contribution < 1.29 is 14.3 Å². The molecule has 1 unspecified atom stereocenters. The summed E-state index contributed by atoms with van der Waals surface area (Å²) in [6.07, 6.45) is 6.02. The molecule has 0 aromatic heterocycles. The van der Waals surface area contributed by atoms with Crippen molar-refractivity contribution in [1.29, 1.82) is 0 Å². The summed E-state index contributed by atoms with van der Waals surface area (Å²) in [4.78, 5) is 16.2. The first kappa shape index (κ1) is 17.2. The van der Waals surface area contributed by atoms with Crippen molar-refractivity contribution in [3.8, 4) is 0 Å². The molecule has 5 heteroatoms. The Hall–Kier alpha value is -0.650. The number of amides is 1. The summed E-state index contributed by atoms with van der Waals surface area (Å²) in [7, 11) is 3.91. The van der Waals surface area contributed by atoms with Crippen molar-refractivity contribution >= 4 is 5.91 Å². The lowest BCUT2D eigenvalue weighted by Crippen LogP contribution is -2.51. The number of nitrogens with zero attached hydrogens (tertiary/aromatic N) is 2. The summed E-state index contributed by atoms with van der Waals surface area (Å²) >= 11 is 0. The van der Waals surface area contributed by atoms with Crippen LogP contribution < -0.4 is 0 Å². The van der Waals surface area contributed by atoms with E-state index < -0.39 is 0 Å². The van der Waals surface area contributed by atoms with Crippen LogP contribution in [0.25, 0.3) is 0 Å². The molecule has 0 N–H and O–H groups in total. The second-order valence-corrected chi connectivity index (χ2v) is 7.98. The Morgan fingerprint density at radius 2 is 1.96 bits per heavy atom. The van der Waals surface area contributed by atoms with E-state index in [9.17, 15) is 4.79 Å². The minimum absolute atomic E-state index is 0.262. The Bertz CT molecular complexity index is 401. The smallest absolute Gasteiger partial charge is 0.236 e. The van der Waals surface area contributed by atoms with Gasteiger partial charge >= 0.3 is 0 Å². The van der Waals surface area contributed by atoms with Crippen molar-refractivity contribution in [3.05, 3.63) is 0 Å². The molecule has 132 valence electrons. The molecule has 2 heterocycles. The lowest BCUT2D eigenvalue weighted by atomic mass is 9.66. The van der Waals surface area contributed by atoms with Gasteiger partial charge in [0.1, 0.15) is 0 Å². The maximum atomic E-state index is 12.3. The zero-order chi connectivity index (χ0) is 16.3. The summed E-state index contributed by atoms with van der Waals surface area (Å²) in [5, 5.41) is 0. The van der Waals surface area contributed by atoms with E-state index in [4.69, 9.17) is 9.47 Å². The van der Waals surface area contributed by atoms with E-state index in [0.29, 0.717) is 17.9 Å². The number of likely N-dealkylation sites (tertiary alicyclic amines) is 1. The summed E-state index contributed by atoms with van der Waals surface area (Å²) in [6.45, 7) is 5.77. The summed E-state index contributed by atoms with van der Waals surface area (Å²) in [6, 6.07) is 0. The monoisotopic (exact) mass is 324 g/mol. The highest BCUT2D eigenvalue weighted by Gasteiger charge is 2.44. The van der Waals surface area contributed by atoms with Crippen LogP contribution in [0.5, 0.6) is 0 Å². The first-order valence-electron chi connectivity index (χ1n) is 9.17. The summed E-state index contributed by atoms with van der Waals surface area (Å²) in [5.41, 5.74) is 0.330. The fourth-order valence-corrected chi connectivity index (χ4v) is 4.00. The van der Waals surface area contributed by atoms with Crippen molar-refractivity contribution in [2.75, 3.05) is 60.2 Å². The molecule has 5 nitrogen and oxygen atoms in total. The lowest BCUT2D eigenvalue weighted by Gasteiger charge is -2.49. The molecule has 1 amide bonds. The highest BCUT2D eigenvalue weighted by molar-refractivity contribution is 5.78. The minimum Gasteiger partial charge on any atom is -0.381 e. The van der Waals surface area contributed by atoms with Gasteiger partial charge < -0.3 is 19.3 Å². The molecular formula is C18H32N2O3. The number of hydrogen-bond acceptors (Lipinski definition) is 4. The van der Waals surface area contributed by atoms with Crippen molar-refractivity contribution in [2.24, 2.45) is 17.3 Å². The molecule has 1 spiro atoms. The van der Waals surface area contributed by atoms with Crippen LogP contribution in [0.3, 0.4) is 0 Å². The molecule has 3 rings (SSSR count). The number of ether oxygens (including phenoxy) is 2. The van der Waals surface area contributed by atoms with E-state index in [-0.39, 0.29) is 5.91 Å². The normalized spacial score (nSPS) is 27.6. The first-order chi connectivity index (χ1) is 11.1. The Labute approximate surface area is 140 Å². The van der Waals surface area contributed by atoms with Gasteiger partial charge in [-0.15, -0.1) is 0 Å². The van der Waals surface area contributed by atoms with Crippen molar-refractivity contribution in [3.63, 3.8) is 0 Å². The van der Waals surface area contributed by atoms with E-state index in [0.717, 1.165) is 64.7 Å². The SMILES string of the molecule is CN(C)CC(=O)N1CCC2(CCOCC2COCC2CC2)CC1. The van der Waals surface area contributed by atoms with Crippen molar-refractivity contribution in [2.45, 2.75) is 32.1 Å². The standard InChI is InChI=1S/C18H32N2O3/c1-19(2)11-17(21)20-8-5-18(6-9-20)7-10-22-13-16(18)14-23-12-15-3-4-15/h15-16H,3-14H2,1-2H3. The second kappa shape index (κ2) is 7.49. The molecule has 0 aromatic rings. The zero-order valence-electron chi connectivity index (χ0n) is 14.8. The molecule has 3 aliphatic rings. The number of piperidine rings is 1. The summed E-state index contributed by atoms with van der Waals surface area (Å²) < 4.78 is 11.7. The Morgan fingerprint density at radius 1 is 1.22 bits per heavy atom. The average Bonchev–Trinajstić information content (AvgIpc) is 3.34. The van der Waals surface area contributed by atoms with E-state index in [1.54, 1.807) is 0 Å². The van der Waals surface area contributed by atoms with Gasteiger partial charge in [-0.2, -0.15) is 0 Å². The average molecular weight is 324 g/mol. The quantitative estimate of drug-likeness (QED) is 0.745. The van der Waals surface area contributed by atoms with Crippen LogP contribution in [0.2, 0.25) is 0 Å². The van der Waals surface area contributed by atoms with Crippen LogP contribution in [0.1, 0.15) is 32.1 Å². The molecule has 1 saturated carbocycles. The second-order valence-electron chi connectivity index (χ2n) is 7.98. The highest BCUT2D eigenvalue weighted by Crippen LogP contribution is 2.45. The number of likely N-dealkylation sites (N-methyl/N-ethyl adjacent to an activating group) is 1. The van der Waals surface area contributed by atoms with Crippen LogP contribution in [0.15, 0.2) is 0 Å². The van der Waals surface area contributed by atoms with Gasteiger partial charge in [0.25, 0.3) is 0 Å². The zero-order valence-corrected chi connectivity index (χ0v) is 14.8. The maximum Gasteiger partial charge on any atom is 0.236 e. The van der Waals surface area contributed by atoms with Gasteiger partial charge in [0, 0.05) is 32.2 Å². The third-order valence-corrected chi connectivity index (χ3v) is 5.86. The van der Waals surface area contributed by atoms with E-state index in [1.807, 2.05) is 23.9 Å².